The highest BCUT2D eigenvalue weighted by Gasteiger charge is 2.31. The number of unbranched alkanes of at least 4 members (excludes halogenated alkanes) is 14. The van der Waals surface area contributed by atoms with Crippen molar-refractivity contribution < 1.29 is 86.0 Å². The van der Waals surface area contributed by atoms with Crippen molar-refractivity contribution in [1.29, 1.82) is 0 Å². The first-order valence-electron chi connectivity index (χ1n) is 39.5. The minimum atomic E-state index is -0.856. The lowest BCUT2D eigenvalue weighted by molar-refractivity contribution is -0.140. The van der Waals surface area contributed by atoms with Crippen LogP contribution in [0.25, 0.3) is 0 Å². The van der Waals surface area contributed by atoms with Crippen molar-refractivity contribution in [2.75, 3.05) is 118 Å². The van der Waals surface area contributed by atoms with Crippen molar-refractivity contribution in [2.24, 2.45) is 0 Å². The van der Waals surface area contributed by atoms with Crippen molar-refractivity contribution in [2.45, 2.75) is 274 Å². The van der Waals surface area contributed by atoms with Crippen LogP contribution in [0.3, 0.4) is 0 Å². The van der Waals surface area contributed by atoms with Crippen LogP contribution >= 0.6 is 0 Å². The number of hydrogen-bond donors (Lipinski definition) is 6. The third kappa shape index (κ3) is 47.5. The van der Waals surface area contributed by atoms with Gasteiger partial charge in [-0.3, -0.25) is 0 Å². The Morgan fingerprint density at radius 3 is 0.700 bits per heavy atom. The van der Waals surface area contributed by atoms with E-state index in [1.807, 2.05) is 83.1 Å². The Labute approximate surface area is 657 Å². The molecule has 0 rings (SSSR count). The van der Waals surface area contributed by atoms with Gasteiger partial charge in [0.2, 0.25) is 0 Å². The summed E-state index contributed by atoms with van der Waals surface area (Å²) in [5.41, 5.74) is -0.785. The fourth-order valence-electron chi connectivity index (χ4n) is 10.7. The molecule has 0 spiro atoms. The largest absolute Gasteiger partial charge is 0.462 e. The van der Waals surface area contributed by atoms with Gasteiger partial charge in [-0.2, -0.15) is 0 Å². The zero-order valence-electron chi connectivity index (χ0n) is 70.1. The fraction of sp³-hybridized carbons (Fsp3) is 0.750. The van der Waals surface area contributed by atoms with Crippen molar-refractivity contribution in [1.82, 2.24) is 61.3 Å². The van der Waals surface area contributed by atoms with Crippen LogP contribution < -0.4 is 31.9 Å². The molecule has 0 aliphatic carbocycles. The number of esters is 4. The minimum absolute atomic E-state index is 0.00869. The number of nitrogens with one attached hydrogen (secondary N) is 6. The predicted molar refractivity (Wildman–Crippen MR) is 427 cm³/mol. The van der Waals surface area contributed by atoms with Gasteiger partial charge < -0.3 is 79.9 Å². The van der Waals surface area contributed by atoms with Gasteiger partial charge in [-0.25, -0.2) is 67.3 Å². The van der Waals surface area contributed by atoms with E-state index in [0.717, 1.165) is 35.5 Å². The topological polar surface area (TPSA) is 352 Å². The number of amides is 14. The summed E-state index contributed by atoms with van der Waals surface area (Å²) in [6, 6.07) is -2.23. The number of ether oxygens (including phenoxy) is 6. The maximum absolute atomic E-state index is 13.7. The number of nitrogens with zero attached hydrogens (tertiary/aromatic N) is 6. The van der Waals surface area contributed by atoms with E-state index >= 15 is 0 Å². The molecule has 630 valence electrons. The Bertz CT molecular complexity index is 2900. The van der Waals surface area contributed by atoms with Gasteiger partial charge in [0.05, 0.1) is 39.6 Å². The summed E-state index contributed by atoms with van der Waals surface area (Å²) in [4.78, 5) is 164. The van der Waals surface area contributed by atoms with Crippen LogP contribution in [0, 0.1) is 0 Å². The van der Waals surface area contributed by atoms with E-state index in [9.17, 15) is 57.5 Å². The van der Waals surface area contributed by atoms with Crippen LogP contribution in [-0.4, -0.2) is 242 Å². The Kier molecular flexibility index (Phi) is 51.4. The molecule has 0 fully saturated rings. The Balaban J connectivity index is 5.90. The van der Waals surface area contributed by atoms with Crippen LogP contribution in [0.1, 0.15) is 252 Å². The fourth-order valence-corrected chi connectivity index (χ4v) is 10.7. The summed E-state index contributed by atoms with van der Waals surface area (Å²) in [6.07, 6.45) is 11.2. The molecule has 0 saturated heterocycles. The molecular formula is C80H142N12O18. The van der Waals surface area contributed by atoms with Crippen molar-refractivity contribution in [3.05, 3.63) is 48.6 Å². The van der Waals surface area contributed by atoms with Gasteiger partial charge in [-0.05, 0) is 201 Å². The summed E-state index contributed by atoms with van der Waals surface area (Å²) < 4.78 is 32.1. The molecular weight excluding hydrogens is 1420 g/mol. The highest BCUT2D eigenvalue weighted by Crippen LogP contribution is 2.20. The Hall–Kier alpha value is -8.60. The molecule has 0 aromatic heterocycles. The standard InChI is InChI=1S/C80H142N12O18/c1-61(2)65(93)105-55-38-37-51-89(77(9,10)11)71(99)83-45-31-23-21-29-43-81-70(98)88(50-36-28-26-34-48-86-74(102)92(80(18,19)20)54-60-108-68(96)64(7)8)76(104)110-57-40-39-56-109-75(103)87(49-35-27-25-33-47-85-73(101)91(79(15,16)17)53-42-59-107-67(95)63(5)6)69(97)82-44-30-22-24-32-46-84-72(100)90(78(12,13)14)52-41-58-106-66(94)62(3)4/h1,3,5,7,21-60H2,2,4,6,8-20H3,(H,81,98)(H,82,97)(H,83,99)(H,84,100)(H,85,101)(H,86,102). The van der Waals surface area contributed by atoms with E-state index in [0.29, 0.717) is 165 Å². The van der Waals surface area contributed by atoms with Gasteiger partial charge in [0.1, 0.15) is 6.61 Å². The van der Waals surface area contributed by atoms with Gasteiger partial charge in [0.25, 0.3) is 0 Å². The number of hydrogen-bond acceptors (Lipinski definition) is 18. The summed E-state index contributed by atoms with van der Waals surface area (Å²) in [5.74, 6) is -1.93. The van der Waals surface area contributed by atoms with Crippen molar-refractivity contribution >= 4 is 72.3 Å². The molecule has 30 heteroatoms. The van der Waals surface area contributed by atoms with E-state index in [4.69, 9.17) is 28.4 Å². The monoisotopic (exact) mass is 1560 g/mol. The zero-order chi connectivity index (χ0) is 83.5. The van der Waals surface area contributed by atoms with Crippen molar-refractivity contribution in [3.8, 4) is 0 Å². The number of rotatable bonds is 53. The van der Waals surface area contributed by atoms with Gasteiger partial charge in [-0.15, -0.1) is 0 Å². The van der Waals surface area contributed by atoms with Gasteiger partial charge in [0, 0.05) is 116 Å². The average molecular weight is 1560 g/mol. The predicted octanol–water partition coefficient (Wildman–Crippen LogP) is 13.6. The molecule has 0 radical (unpaired) electrons. The first kappa shape index (κ1) is 101. The van der Waals surface area contributed by atoms with Crippen LogP contribution in [-0.2, 0) is 47.6 Å². The minimum Gasteiger partial charge on any atom is -0.462 e. The van der Waals surface area contributed by atoms with E-state index < -0.39 is 70.3 Å². The van der Waals surface area contributed by atoms with Gasteiger partial charge in [0.15, 0.2) is 0 Å². The quantitative estimate of drug-likeness (QED) is 0.0143. The molecule has 0 saturated carbocycles. The third-order valence-corrected chi connectivity index (χ3v) is 17.1. The molecule has 0 aromatic rings. The molecule has 0 unspecified atom stereocenters. The number of imide groups is 2. The second-order valence-electron chi connectivity index (χ2n) is 31.7. The maximum Gasteiger partial charge on any atom is 0.417 e. The lowest BCUT2D eigenvalue weighted by atomic mass is 10.1. The summed E-state index contributed by atoms with van der Waals surface area (Å²) in [5, 5.41) is 17.6. The van der Waals surface area contributed by atoms with Crippen LogP contribution in [0.15, 0.2) is 48.6 Å². The first-order valence-corrected chi connectivity index (χ1v) is 39.5. The number of urea groups is 6. The van der Waals surface area contributed by atoms with Gasteiger partial charge >= 0.3 is 72.3 Å². The Morgan fingerprint density at radius 1 is 0.236 bits per heavy atom. The second kappa shape index (κ2) is 55.7. The van der Waals surface area contributed by atoms with E-state index in [1.165, 1.54) is 0 Å². The molecule has 0 aliphatic rings. The highest BCUT2D eigenvalue weighted by atomic mass is 16.6. The molecule has 0 aliphatic heterocycles. The summed E-state index contributed by atoms with van der Waals surface area (Å²) >= 11 is 0. The molecule has 0 aromatic carbocycles. The Morgan fingerprint density at radius 2 is 0.436 bits per heavy atom. The molecule has 14 amide bonds. The molecule has 6 N–H and O–H groups in total. The van der Waals surface area contributed by atoms with Crippen LogP contribution in [0.5, 0.6) is 0 Å². The van der Waals surface area contributed by atoms with Gasteiger partial charge in [-0.1, -0.05) is 77.7 Å². The second-order valence-corrected chi connectivity index (χ2v) is 31.7. The summed E-state index contributed by atoms with van der Waals surface area (Å²) in [7, 11) is 0. The molecule has 0 bridgehead atoms. The zero-order valence-corrected chi connectivity index (χ0v) is 70.1. The SMILES string of the molecule is C=C(C)C(=O)OCCCCN(C(=O)NCCCCCCNC(=O)N(CCCCCCNC(=O)N(CCOC(=O)C(=C)C)C(C)(C)C)C(=O)OCCCCOC(=O)N(CCCCCCNC(=O)N(CCCOC(=O)C(=C)C)C(C)(C)C)C(=O)NCCCCCCNC(=O)N(CCCOC(=O)C(=C)C)C(C)(C)C)C(C)(C)C. The first-order chi connectivity index (χ1) is 51.6. The van der Waals surface area contributed by atoms with E-state index in [-0.39, 0.29) is 115 Å². The summed E-state index contributed by atoms with van der Waals surface area (Å²) in [6.45, 7) is 47.8. The number of carbonyl (C=O) groups excluding carboxylic acids is 12. The molecule has 30 nitrogen and oxygen atoms in total. The lowest BCUT2D eigenvalue weighted by Crippen LogP contribution is -2.51. The number of carbonyl (C=O) groups is 12. The van der Waals surface area contributed by atoms with Crippen LogP contribution in [0.2, 0.25) is 0 Å². The van der Waals surface area contributed by atoms with Crippen molar-refractivity contribution in [3.63, 3.8) is 0 Å². The van der Waals surface area contributed by atoms with Crippen LogP contribution in [0.4, 0.5) is 38.4 Å². The maximum atomic E-state index is 13.7. The third-order valence-electron chi connectivity index (χ3n) is 17.1. The highest BCUT2D eigenvalue weighted by molar-refractivity contribution is 5.92. The smallest absolute Gasteiger partial charge is 0.417 e. The molecule has 110 heavy (non-hydrogen) atoms. The molecule has 0 heterocycles. The lowest BCUT2D eigenvalue weighted by Gasteiger charge is -2.35. The van der Waals surface area contributed by atoms with E-state index in [2.05, 4.69) is 58.2 Å². The average Bonchev–Trinajstić information content (AvgIpc) is 0.884. The van der Waals surface area contributed by atoms with E-state index in [1.54, 1.807) is 47.3 Å². The normalized spacial score (nSPS) is 11.3. The molecule has 0 atom stereocenters.